The summed E-state index contributed by atoms with van der Waals surface area (Å²) >= 11 is 6.53. The molecule has 1 nitrogen and oxygen atoms in total. The van der Waals surface area contributed by atoms with Gasteiger partial charge >= 0.3 is 0 Å². The lowest BCUT2D eigenvalue weighted by atomic mass is 9.86. The molecule has 1 unspecified atom stereocenters. The van der Waals surface area contributed by atoms with Crippen LogP contribution in [0.4, 0.5) is 0 Å². The van der Waals surface area contributed by atoms with E-state index in [4.69, 9.17) is 17.3 Å². The van der Waals surface area contributed by atoms with Crippen molar-refractivity contribution >= 4 is 38.7 Å². The summed E-state index contributed by atoms with van der Waals surface area (Å²) in [5, 5.41) is 5.60. The number of benzene rings is 3. The molecule has 0 bridgehead atoms. The van der Waals surface area contributed by atoms with E-state index < -0.39 is 0 Å². The van der Waals surface area contributed by atoms with Crippen LogP contribution in [0.2, 0.25) is 0 Å². The SMILES string of the molecule is NC1CC=CC(Cl)=C1c1c2ccccc2cc2ccccc12. The smallest absolute Gasteiger partial charge is 0.0457 e. The Morgan fingerprint density at radius 1 is 0.909 bits per heavy atom. The maximum atomic E-state index is 6.53. The van der Waals surface area contributed by atoms with Crippen molar-refractivity contribution in [2.75, 3.05) is 0 Å². The summed E-state index contributed by atoms with van der Waals surface area (Å²) in [6, 6.07) is 19.0. The van der Waals surface area contributed by atoms with Crippen LogP contribution < -0.4 is 5.73 Å². The number of hydrogen-bond acceptors (Lipinski definition) is 1. The van der Waals surface area contributed by atoms with E-state index in [1.54, 1.807) is 0 Å². The third-order valence-corrected chi connectivity index (χ3v) is 4.65. The molecule has 3 aromatic carbocycles. The molecule has 0 saturated heterocycles. The molecule has 0 heterocycles. The van der Waals surface area contributed by atoms with Crippen molar-refractivity contribution in [2.45, 2.75) is 12.5 Å². The highest BCUT2D eigenvalue weighted by molar-refractivity contribution is 6.35. The zero-order valence-corrected chi connectivity index (χ0v) is 12.8. The molecule has 0 saturated carbocycles. The standard InChI is InChI=1S/C20H16ClN/c21-17-10-5-11-18(22)20(17)19-15-8-3-1-6-13(15)12-14-7-2-4-9-16(14)19/h1-10,12,18H,11,22H2. The van der Waals surface area contributed by atoms with E-state index in [-0.39, 0.29) is 6.04 Å². The largest absolute Gasteiger partial charge is 0.324 e. The molecule has 0 amide bonds. The molecule has 0 radical (unpaired) electrons. The minimum Gasteiger partial charge on any atom is -0.324 e. The minimum atomic E-state index is -0.0632. The fourth-order valence-corrected chi connectivity index (χ4v) is 3.64. The summed E-state index contributed by atoms with van der Waals surface area (Å²) in [6.07, 6.45) is 4.84. The number of rotatable bonds is 1. The summed E-state index contributed by atoms with van der Waals surface area (Å²) < 4.78 is 0. The molecule has 3 aromatic rings. The quantitative estimate of drug-likeness (QED) is 0.612. The maximum absolute atomic E-state index is 6.53. The Labute approximate surface area is 134 Å². The van der Waals surface area contributed by atoms with Crippen LogP contribution in [0.15, 0.2) is 71.8 Å². The van der Waals surface area contributed by atoms with Gasteiger partial charge in [-0.3, -0.25) is 0 Å². The Balaban J connectivity index is 2.20. The lowest BCUT2D eigenvalue weighted by Crippen LogP contribution is -2.23. The van der Waals surface area contributed by atoms with Gasteiger partial charge in [0.1, 0.15) is 0 Å². The van der Waals surface area contributed by atoms with E-state index in [2.05, 4.69) is 54.6 Å². The van der Waals surface area contributed by atoms with Gasteiger partial charge in [-0.1, -0.05) is 66.2 Å². The number of halogens is 1. The van der Waals surface area contributed by atoms with Gasteiger partial charge in [0.15, 0.2) is 0 Å². The Kier molecular flexibility index (Phi) is 3.25. The lowest BCUT2D eigenvalue weighted by Gasteiger charge is -2.23. The second kappa shape index (κ2) is 5.28. The van der Waals surface area contributed by atoms with Gasteiger partial charge in [0, 0.05) is 11.1 Å². The van der Waals surface area contributed by atoms with Crippen molar-refractivity contribution in [3.8, 4) is 0 Å². The van der Waals surface area contributed by atoms with Crippen LogP contribution in [-0.2, 0) is 0 Å². The van der Waals surface area contributed by atoms with Crippen molar-refractivity contribution in [3.05, 3.63) is 77.3 Å². The number of allylic oxidation sites excluding steroid dienone is 2. The molecule has 1 aliphatic rings. The van der Waals surface area contributed by atoms with Gasteiger partial charge in [-0.05, 0) is 51.2 Å². The van der Waals surface area contributed by atoms with Gasteiger partial charge in [-0.2, -0.15) is 0 Å². The summed E-state index contributed by atoms with van der Waals surface area (Å²) in [5.74, 6) is 0. The first kappa shape index (κ1) is 13.6. The molecule has 1 aliphatic carbocycles. The summed E-state index contributed by atoms with van der Waals surface area (Å²) in [6.45, 7) is 0. The van der Waals surface area contributed by atoms with Crippen LogP contribution in [0.25, 0.3) is 27.1 Å². The van der Waals surface area contributed by atoms with Crippen LogP contribution >= 0.6 is 11.6 Å². The average Bonchev–Trinajstić information content (AvgIpc) is 2.54. The summed E-state index contributed by atoms with van der Waals surface area (Å²) in [4.78, 5) is 0. The van der Waals surface area contributed by atoms with Crippen molar-refractivity contribution < 1.29 is 0 Å². The predicted octanol–water partition coefficient (Wildman–Crippen LogP) is 5.23. The van der Waals surface area contributed by atoms with Crippen LogP contribution in [0.3, 0.4) is 0 Å². The summed E-state index contributed by atoms with van der Waals surface area (Å²) in [7, 11) is 0. The van der Waals surface area contributed by atoms with E-state index in [1.165, 1.54) is 27.1 Å². The molecular formula is C20H16ClN. The fraction of sp³-hybridized carbons (Fsp3) is 0.100. The van der Waals surface area contributed by atoms with Gasteiger partial charge < -0.3 is 5.73 Å². The third kappa shape index (κ3) is 2.06. The Morgan fingerprint density at radius 2 is 1.50 bits per heavy atom. The van der Waals surface area contributed by atoms with E-state index in [0.29, 0.717) is 0 Å². The highest BCUT2D eigenvalue weighted by atomic mass is 35.5. The van der Waals surface area contributed by atoms with E-state index in [9.17, 15) is 0 Å². The van der Waals surface area contributed by atoms with E-state index in [0.717, 1.165) is 17.0 Å². The third-order valence-electron chi connectivity index (χ3n) is 4.32. The normalized spacial score (nSPS) is 18.4. The van der Waals surface area contributed by atoms with Crippen molar-refractivity contribution in [3.63, 3.8) is 0 Å². The first-order valence-corrected chi connectivity index (χ1v) is 7.86. The Bertz CT molecular complexity index is 883. The molecule has 4 rings (SSSR count). The fourth-order valence-electron chi connectivity index (χ4n) is 3.31. The lowest BCUT2D eigenvalue weighted by molar-refractivity contribution is 0.845. The van der Waals surface area contributed by atoms with Crippen LogP contribution in [0.5, 0.6) is 0 Å². The number of nitrogens with two attached hydrogens (primary N) is 1. The first-order chi connectivity index (χ1) is 10.8. The number of fused-ring (bicyclic) bond motifs is 2. The first-order valence-electron chi connectivity index (χ1n) is 7.48. The highest BCUT2D eigenvalue weighted by Gasteiger charge is 2.21. The molecule has 22 heavy (non-hydrogen) atoms. The summed E-state index contributed by atoms with van der Waals surface area (Å²) in [5.41, 5.74) is 8.62. The van der Waals surface area contributed by atoms with E-state index >= 15 is 0 Å². The molecule has 0 aliphatic heterocycles. The monoisotopic (exact) mass is 305 g/mol. The topological polar surface area (TPSA) is 26.0 Å². The van der Waals surface area contributed by atoms with E-state index in [1.807, 2.05) is 12.2 Å². The van der Waals surface area contributed by atoms with Crippen molar-refractivity contribution in [1.29, 1.82) is 0 Å². The molecule has 0 fully saturated rings. The molecule has 0 aromatic heterocycles. The minimum absolute atomic E-state index is 0.0632. The van der Waals surface area contributed by atoms with Crippen molar-refractivity contribution in [2.24, 2.45) is 5.73 Å². The van der Waals surface area contributed by atoms with Crippen LogP contribution in [-0.4, -0.2) is 6.04 Å². The van der Waals surface area contributed by atoms with Crippen LogP contribution in [0.1, 0.15) is 12.0 Å². The molecule has 0 spiro atoms. The molecular weight excluding hydrogens is 290 g/mol. The second-order valence-electron chi connectivity index (χ2n) is 5.70. The second-order valence-corrected chi connectivity index (χ2v) is 6.11. The van der Waals surface area contributed by atoms with Crippen LogP contribution in [0, 0.1) is 0 Å². The predicted molar refractivity (Wildman–Crippen MR) is 96.0 cm³/mol. The highest BCUT2D eigenvalue weighted by Crippen LogP contribution is 2.39. The maximum Gasteiger partial charge on any atom is 0.0457 e. The average molecular weight is 306 g/mol. The zero-order valence-electron chi connectivity index (χ0n) is 12.1. The number of hydrogen-bond donors (Lipinski definition) is 1. The van der Waals surface area contributed by atoms with Gasteiger partial charge in [-0.25, -0.2) is 0 Å². The van der Waals surface area contributed by atoms with Gasteiger partial charge in [-0.15, -0.1) is 0 Å². The molecule has 2 heteroatoms. The zero-order chi connectivity index (χ0) is 15.1. The van der Waals surface area contributed by atoms with Gasteiger partial charge in [0.25, 0.3) is 0 Å². The van der Waals surface area contributed by atoms with Gasteiger partial charge in [0.2, 0.25) is 0 Å². The molecule has 2 N–H and O–H groups in total. The Morgan fingerprint density at radius 3 is 2.09 bits per heavy atom. The Hall–Kier alpha value is -2.09. The van der Waals surface area contributed by atoms with Crippen molar-refractivity contribution in [1.82, 2.24) is 0 Å². The molecule has 108 valence electrons. The molecule has 1 atom stereocenters. The van der Waals surface area contributed by atoms with Gasteiger partial charge in [0.05, 0.1) is 0 Å².